The minimum absolute atomic E-state index is 0.102. The maximum atomic E-state index is 6.26. The van der Waals surface area contributed by atoms with E-state index in [1.54, 1.807) is 0 Å². The van der Waals surface area contributed by atoms with Crippen molar-refractivity contribution in [1.29, 1.82) is 0 Å². The van der Waals surface area contributed by atoms with E-state index in [1.165, 1.54) is 11.1 Å². The summed E-state index contributed by atoms with van der Waals surface area (Å²) in [4.78, 5) is 2.50. The molecule has 0 atom stereocenters. The van der Waals surface area contributed by atoms with Crippen LogP contribution in [-0.2, 0) is 6.54 Å². The second-order valence-corrected chi connectivity index (χ2v) is 7.41. The van der Waals surface area contributed by atoms with Crippen molar-refractivity contribution in [1.82, 2.24) is 4.90 Å². The highest BCUT2D eigenvalue weighted by molar-refractivity contribution is 5.25. The minimum atomic E-state index is 0.102. The van der Waals surface area contributed by atoms with Crippen LogP contribution in [0.2, 0.25) is 0 Å². The molecule has 0 saturated heterocycles. The molecule has 0 unspecified atom stereocenters. The second kappa shape index (κ2) is 7.95. The van der Waals surface area contributed by atoms with Crippen LogP contribution in [0, 0.1) is 18.8 Å². The molecule has 1 rings (SSSR count). The maximum absolute atomic E-state index is 6.26. The van der Waals surface area contributed by atoms with E-state index in [4.69, 9.17) is 5.73 Å². The van der Waals surface area contributed by atoms with E-state index in [-0.39, 0.29) is 5.54 Å². The van der Waals surface area contributed by atoms with Crippen molar-refractivity contribution in [3.05, 3.63) is 35.4 Å². The van der Waals surface area contributed by atoms with Crippen LogP contribution in [0.1, 0.15) is 51.7 Å². The Hall–Kier alpha value is -0.860. The molecule has 2 N–H and O–H groups in total. The van der Waals surface area contributed by atoms with Gasteiger partial charge in [-0.05, 0) is 49.8 Å². The number of aryl methyl sites for hydroxylation is 1. The van der Waals surface area contributed by atoms with Crippen molar-refractivity contribution >= 4 is 0 Å². The van der Waals surface area contributed by atoms with E-state index < -0.39 is 0 Å². The molecule has 1 aromatic carbocycles. The molecule has 2 nitrogen and oxygen atoms in total. The fourth-order valence-corrected chi connectivity index (χ4v) is 3.45. The summed E-state index contributed by atoms with van der Waals surface area (Å²) >= 11 is 0. The first-order chi connectivity index (χ1) is 9.80. The summed E-state index contributed by atoms with van der Waals surface area (Å²) in [6, 6.07) is 8.67. The third-order valence-corrected chi connectivity index (χ3v) is 4.43. The van der Waals surface area contributed by atoms with Crippen molar-refractivity contribution < 1.29 is 0 Å². The standard InChI is InChI=1S/C19H34N2/c1-15(2)11-19(14-20,12-16(3)4)21(6)13-18-10-8-7-9-17(18)5/h7-10,15-16H,11-14,20H2,1-6H3. The van der Waals surface area contributed by atoms with Crippen LogP contribution in [0.15, 0.2) is 24.3 Å². The SMILES string of the molecule is Cc1ccccc1CN(C)C(CN)(CC(C)C)CC(C)C. The fourth-order valence-electron chi connectivity index (χ4n) is 3.45. The van der Waals surface area contributed by atoms with Gasteiger partial charge in [0.25, 0.3) is 0 Å². The minimum Gasteiger partial charge on any atom is -0.329 e. The summed E-state index contributed by atoms with van der Waals surface area (Å²) in [6.07, 6.45) is 2.31. The lowest BCUT2D eigenvalue weighted by molar-refractivity contribution is 0.0712. The quantitative estimate of drug-likeness (QED) is 0.777. The normalized spacial score (nSPS) is 12.7. The summed E-state index contributed by atoms with van der Waals surface area (Å²) in [7, 11) is 2.24. The van der Waals surface area contributed by atoms with Crippen LogP contribution in [0.5, 0.6) is 0 Å². The number of hydrogen-bond acceptors (Lipinski definition) is 2. The average Bonchev–Trinajstić information content (AvgIpc) is 2.39. The van der Waals surface area contributed by atoms with Gasteiger partial charge >= 0.3 is 0 Å². The first-order valence-electron chi connectivity index (χ1n) is 8.26. The van der Waals surface area contributed by atoms with Gasteiger partial charge in [0.2, 0.25) is 0 Å². The van der Waals surface area contributed by atoms with Gasteiger partial charge in [0.05, 0.1) is 0 Å². The molecule has 0 spiro atoms. The molecule has 0 aliphatic heterocycles. The largest absolute Gasteiger partial charge is 0.329 e. The predicted molar refractivity (Wildman–Crippen MR) is 93.3 cm³/mol. The van der Waals surface area contributed by atoms with Crippen LogP contribution in [0.4, 0.5) is 0 Å². The zero-order valence-corrected chi connectivity index (χ0v) is 14.8. The molecule has 1 aromatic rings. The van der Waals surface area contributed by atoms with Gasteiger partial charge in [-0.3, -0.25) is 4.90 Å². The topological polar surface area (TPSA) is 29.3 Å². The van der Waals surface area contributed by atoms with Crippen molar-refractivity contribution in [2.24, 2.45) is 17.6 Å². The molecule has 0 saturated carbocycles. The molecule has 0 bridgehead atoms. The lowest BCUT2D eigenvalue weighted by Crippen LogP contribution is -2.53. The van der Waals surface area contributed by atoms with Crippen molar-refractivity contribution in [3.8, 4) is 0 Å². The van der Waals surface area contributed by atoms with Gasteiger partial charge in [0.1, 0.15) is 0 Å². The van der Waals surface area contributed by atoms with Gasteiger partial charge in [-0.15, -0.1) is 0 Å². The van der Waals surface area contributed by atoms with Crippen LogP contribution >= 0.6 is 0 Å². The predicted octanol–water partition coefficient (Wildman–Crippen LogP) is 4.22. The van der Waals surface area contributed by atoms with Gasteiger partial charge in [0, 0.05) is 18.6 Å². The van der Waals surface area contributed by atoms with Crippen molar-refractivity contribution in [3.63, 3.8) is 0 Å². The Morgan fingerprint density at radius 3 is 2.00 bits per heavy atom. The van der Waals surface area contributed by atoms with Crippen molar-refractivity contribution in [2.75, 3.05) is 13.6 Å². The Labute approximate surface area is 131 Å². The summed E-state index contributed by atoms with van der Waals surface area (Å²) < 4.78 is 0. The summed E-state index contributed by atoms with van der Waals surface area (Å²) in [6.45, 7) is 13.1. The van der Waals surface area contributed by atoms with Crippen LogP contribution in [-0.4, -0.2) is 24.0 Å². The highest BCUT2D eigenvalue weighted by atomic mass is 15.2. The lowest BCUT2D eigenvalue weighted by Gasteiger charge is -2.44. The second-order valence-electron chi connectivity index (χ2n) is 7.41. The van der Waals surface area contributed by atoms with Crippen LogP contribution < -0.4 is 5.73 Å². The maximum Gasteiger partial charge on any atom is 0.0337 e. The Morgan fingerprint density at radius 2 is 1.57 bits per heavy atom. The number of nitrogens with two attached hydrogens (primary N) is 1. The van der Waals surface area contributed by atoms with Crippen molar-refractivity contribution in [2.45, 2.75) is 59.5 Å². The molecule has 21 heavy (non-hydrogen) atoms. The summed E-state index contributed by atoms with van der Waals surface area (Å²) in [5.41, 5.74) is 9.13. The molecule has 0 amide bonds. The number of nitrogens with zero attached hydrogens (tertiary/aromatic N) is 1. The molecule has 120 valence electrons. The number of rotatable bonds is 8. The first-order valence-corrected chi connectivity index (χ1v) is 8.26. The monoisotopic (exact) mass is 290 g/mol. The van der Waals surface area contributed by atoms with E-state index in [9.17, 15) is 0 Å². The van der Waals surface area contributed by atoms with Crippen LogP contribution in [0.25, 0.3) is 0 Å². The number of likely N-dealkylation sites (N-methyl/N-ethyl adjacent to an activating group) is 1. The van der Waals surface area contributed by atoms with E-state index in [0.29, 0.717) is 11.8 Å². The molecule has 0 aliphatic carbocycles. The third-order valence-electron chi connectivity index (χ3n) is 4.43. The molecule has 0 aromatic heterocycles. The molecule has 0 radical (unpaired) electrons. The van der Waals surface area contributed by atoms with Gasteiger partial charge < -0.3 is 5.73 Å². The summed E-state index contributed by atoms with van der Waals surface area (Å²) in [5.74, 6) is 1.32. The Balaban J connectivity index is 2.98. The van der Waals surface area contributed by atoms with Gasteiger partial charge in [0.15, 0.2) is 0 Å². The molecular formula is C19H34N2. The third kappa shape index (κ3) is 5.12. The van der Waals surface area contributed by atoms with E-state index in [0.717, 1.165) is 25.9 Å². The highest BCUT2D eigenvalue weighted by Gasteiger charge is 2.34. The molecule has 0 aliphatic rings. The molecule has 0 fully saturated rings. The van der Waals surface area contributed by atoms with Gasteiger partial charge in [-0.1, -0.05) is 52.0 Å². The zero-order valence-electron chi connectivity index (χ0n) is 14.8. The van der Waals surface area contributed by atoms with E-state index in [2.05, 4.69) is 70.8 Å². The summed E-state index contributed by atoms with van der Waals surface area (Å²) in [5, 5.41) is 0. The average molecular weight is 290 g/mol. The van der Waals surface area contributed by atoms with Gasteiger partial charge in [-0.25, -0.2) is 0 Å². The highest BCUT2D eigenvalue weighted by Crippen LogP contribution is 2.31. The molecule has 2 heteroatoms. The van der Waals surface area contributed by atoms with Gasteiger partial charge in [-0.2, -0.15) is 0 Å². The lowest BCUT2D eigenvalue weighted by atomic mass is 9.80. The van der Waals surface area contributed by atoms with Crippen LogP contribution in [0.3, 0.4) is 0 Å². The number of benzene rings is 1. The Kier molecular flexibility index (Phi) is 6.89. The Morgan fingerprint density at radius 1 is 1.05 bits per heavy atom. The van der Waals surface area contributed by atoms with E-state index >= 15 is 0 Å². The fraction of sp³-hybridized carbons (Fsp3) is 0.684. The zero-order chi connectivity index (χ0) is 16.0. The molecule has 0 heterocycles. The first kappa shape index (κ1) is 18.2. The molecular weight excluding hydrogens is 256 g/mol. The Bertz CT molecular complexity index is 413. The number of hydrogen-bond donors (Lipinski definition) is 1. The smallest absolute Gasteiger partial charge is 0.0337 e. The van der Waals surface area contributed by atoms with E-state index in [1.807, 2.05) is 0 Å².